The molecule has 0 spiro atoms. The Morgan fingerprint density at radius 1 is 0.952 bits per heavy atom. The zero-order chi connectivity index (χ0) is 14.9. The highest BCUT2D eigenvalue weighted by atomic mass is 16.2. The molecule has 0 saturated heterocycles. The van der Waals surface area contributed by atoms with E-state index < -0.39 is 0 Å². The molecule has 1 N–H and O–H groups in total. The molecule has 2 aromatic carbocycles. The van der Waals surface area contributed by atoms with E-state index in [9.17, 15) is 4.79 Å². The van der Waals surface area contributed by atoms with Gasteiger partial charge in [0.1, 0.15) is 0 Å². The molecule has 0 fully saturated rings. The summed E-state index contributed by atoms with van der Waals surface area (Å²) in [4.78, 5) is 13.7. The third-order valence-electron chi connectivity index (χ3n) is 3.37. The summed E-state index contributed by atoms with van der Waals surface area (Å²) in [6, 6.07) is 20.3. The van der Waals surface area contributed by atoms with E-state index in [0.717, 1.165) is 18.4 Å². The smallest absolute Gasteiger partial charge is 0.317 e. The van der Waals surface area contributed by atoms with E-state index in [1.54, 1.807) is 4.90 Å². The first-order valence-corrected chi connectivity index (χ1v) is 7.32. The Labute approximate surface area is 126 Å². The number of benzene rings is 2. The molecular formula is C18H22N2O. The Balaban J connectivity index is 1.67. The molecule has 0 saturated carbocycles. The quantitative estimate of drug-likeness (QED) is 0.809. The van der Waals surface area contributed by atoms with E-state index in [1.165, 1.54) is 5.56 Å². The second-order valence-corrected chi connectivity index (χ2v) is 5.16. The van der Waals surface area contributed by atoms with Crippen molar-refractivity contribution in [3.63, 3.8) is 0 Å². The lowest BCUT2D eigenvalue weighted by Gasteiger charge is -2.18. The molecule has 3 heteroatoms. The van der Waals surface area contributed by atoms with Crippen LogP contribution in [0.1, 0.15) is 17.5 Å². The number of amides is 2. The fourth-order valence-electron chi connectivity index (χ4n) is 2.20. The minimum atomic E-state index is -0.0214. The molecule has 2 rings (SSSR count). The zero-order valence-electron chi connectivity index (χ0n) is 12.5. The number of rotatable bonds is 6. The summed E-state index contributed by atoms with van der Waals surface area (Å²) < 4.78 is 0. The summed E-state index contributed by atoms with van der Waals surface area (Å²) in [6.07, 6.45) is 1.94. The molecule has 2 aromatic rings. The molecule has 0 radical (unpaired) electrons. The van der Waals surface area contributed by atoms with Crippen LogP contribution in [0, 0.1) is 0 Å². The standard InChI is InChI=1S/C18H22N2O/c1-20(15-17-11-6-3-7-12-17)18(21)19-14-8-13-16-9-4-2-5-10-16/h2-7,9-12H,8,13-15H2,1H3,(H,19,21). The Kier molecular flexibility index (Phi) is 5.83. The largest absolute Gasteiger partial charge is 0.338 e. The number of hydrogen-bond donors (Lipinski definition) is 1. The van der Waals surface area contributed by atoms with Crippen molar-refractivity contribution >= 4 is 6.03 Å². The van der Waals surface area contributed by atoms with Crippen LogP contribution in [0.4, 0.5) is 4.79 Å². The van der Waals surface area contributed by atoms with Gasteiger partial charge < -0.3 is 10.2 Å². The summed E-state index contributed by atoms with van der Waals surface area (Å²) >= 11 is 0. The summed E-state index contributed by atoms with van der Waals surface area (Å²) in [7, 11) is 1.82. The predicted molar refractivity (Wildman–Crippen MR) is 86.1 cm³/mol. The van der Waals surface area contributed by atoms with Crippen molar-refractivity contribution in [2.24, 2.45) is 0 Å². The number of nitrogens with one attached hydrogen (secondary N) is 1. The monoisotopic (exact) mass is 282 g/mol. The molecule has 0 aliphatic heterocycles. The van der Waals surface area contributed by atoms with Crippen LogP contribution in [0.5, 0.6) is 0 Å². The first kappa shape index (κ1) is 15.1. The van der Waals surface area contributed by atoms with Crippen LogP contribution in [0.3, 0.4) is 0 Å². The van der Waals surface area contributed by atoms with Crippen molar-refractivity contribution in [1.29, 1.82) is 0 Å². The molecule has 110 valence electrons. The van der Waals surface area contributed by atoms with Crippen LogP contribution >= 0.6 is 0 Å². The van der Waals surface area contributed by atoms with Crippen LogP contribution < -0.4 is 5.32 Å². The first-order valence-electron chi connectivity index (χ1n) is 7.32. The van der Waals surface area contributed by atoms with E-state index in [-0.39, 0.29) is 6.03 Å². The molecule has 0 bridgehead atoms. The average molecular weight is 282 g/mol. The van der Waals surface area contributed by atoms with Gasteiger partial charge in [-0.25, -0.2) is 4.79 Å². The summed E-state index contributed by atoms with van der Waals surface area (Å²) in [6.45, 7) is 1.33. The lowest BCUT2D eigenvalue weighted by atomic mass is 10.1. The third-order valence-corrected chi connectivity index (χ3v) is 3.37. The number of aryl methyl sites for hydroxylation is 1. The summed E-state index contributed by atoms with van der Waals surface area (Å²) in [5, 5.41) is 2.96. The second-order valence-electron chi connectivity index (χ2n) is 5.16. The van der Waals surface area contributed by atoms with Gasteiger partial charge in [-0.15, -0.1) is 0 Å². The number of carbonyl (C=O) groups is 1. The van der Waals surface area contributed by atoms with Gasteiger partial charge in [0.15, 0.2) is 0 Å². The van der Waals surface area contributed by atoms with Gasteiger partial charge in [0.25, 0.3) is 0 Å². The van der Waals surface area contributed by atoms with Crippen molar-refractivity contribution in [1.82, 2.24) is 10.2 Å². The van der Waals surface area contributed by atoms with Gasteiger partial charge in [-0.2, -0.15) is 0 Å². The Morgan fingerprint density at radius 2 is 1.52 bits per heavy atom. The van der Waals surface area contributed by atoms with Crippen molar-refractivity contribution in [2.45, 2.75) is 19.4 Å². The van der Waals surface area contributed by atoms with Crippen LogP contribution in [0.25, 0.3) is 0 Å². The fraction of sp³-hybridized carbons (Fsp3) is 0.278. The van der Waals surface area contributed by atoms with Gasteiger partial charge in [0.2, 0.25) is 0 Å². The van der Waals surface area contributed by atoms with E-state index in [1.807, 2.05) is 55.6 Å². The van der Waals surface area contributed by atoms with Gasteiger partial charge in [-0.3, -0.25) is 0 Å². The van der Waals surface area contributed by atoms with Gasteiger partial charge in [0, 0.05) is 20.1 Å². The zero-order valence-corrected chi connectivity index (χ0v) is 12.5. The van der Waals surface area contributed by atoms with Crippen molar-refractivity contribution in [3.8, 4) is 0 Å². The highest BCUT2D eigenvalue weighted by Gasteiger charge is 2.07. The van der Waals surface area contributed by atoms with Crippen LogP contribution in [-0.4, -0.2) is 24.5 Å². The molecule has 3 nitrogen and oxygen atoms in total. The fourth-order valence-corrected chi connectivity index (χ4v) is 2.20. The molecule has 0 aromatic heterocycles. The molecule has 0 atom stereocenters. The SMILES string of the molecule is CN(Cc1ccccc1)C(=O)NCCCc1ccccc1. The average Bonchev–Trinajstić information content (AvgIpc) is 2.53. The van der Waals surface area contributed by atoms with Gasteiger partial charge in [-0.05, 0) is 24.0 Å². The number of urea groups is 1. The lowest BCUT2D eigenvalue weighted by molar-refractivity contribution is 0.207. The van der Waals surface area contributed by atoms with Gasteiger partial charge in [-0.1, -0.05) is 60.7 Å². The van der Waals surface area contributed by atoms with E-state index in [0.29, 0.717) is 13.1 Å². The highest BCUT2D eigenvalue weighted by molar-refractivity contribution is 5.73. The first-order chi connectivity index (χ1) is 10.3. The van der Waals surface area contributed by atoms with Crippen molar-refractivity contribution < 1.29 is 4.79 Å². The molecule has 21 heavy (non-hydrogen) atoms. The van der Waals surface area contributed by atoms with Gasteiger partial charge in [0.05, 0.1) is 0 Å². The van der Waals surface area contributed by atoms with Gasteiger partial charge >= 0.3 is 6.03 Å². The third kappa shape index (κ3) is 5.30. The van der Waals surface area contributed by atoms with Crippen LogP contribution in [0.15, 0.2) is 60.7 Å². The normalized spacial score (nSPS) is 10.1. The number of carbonyl (C=O) groups excluding carboxylic acids is 1. The second kappa shape index (κ2) is 8.10. The summed E-state index contributed by atoms with van der Waals surface area (Å²) in [5.41, 5.74) is 2.45. The van der Waals surface area contributed by atoms with Crippen LogP contribution in [-0.2, 0) is 13.0 Å². The predicted octanol–water partition coefficient (Wildman–Crippen LogP) is 3.46. The molecule has 0 aliphatic rings. The highest BCUT2D eigenvalue weighted by Crippen LogP contribution is 2.03. The minimum Gasteiger partial charge on any atom is -0.338 e. The van der Waals surface area contributed by atoms with E-state index >= 15 is 0 Å². The van der Waals surface area contributed by atoms with E-state index in [2.05, 4.69) is 17.4 Å². The maximum atomic E-state index is 12.0. The minimum absolute atomic E-state index is 0.0214. The maximum Gasteiger partial charge on any atom is 0.317 e. The van der Waals surface area contributed by atoms with Crippen LogP contribution in [0.2, 0.25) is 0 Å². The van der Waals surface area contributed by atoms with Crippen molar-refractivity contribution in [2.75, 3.05) is 13.6 Å². The molecule has 0 unspecified atom stereocenters. The topological polar surface area (TPSA) is 32.3 Å². The number of hydrogen-bond acceptors (Lipinski definition) is 1. The molecular weight excluding hydrogens is 260 g/mol. The Morgan fingerprint density at radius 3 is 2.14 bits per heavy atom. The van der Waals surface area contributed by atoms with Crippen molar-refractivity contribution in [3.05, 3.63) is 71.8 Å². The Bertz CT molecular complexity index is 540. The van der Waals surface area contributed by atoms with E-state index in [4.69, 9.17) is 0 Å². The molecule has 0 heterocycles. The lowest BCUT2D eigenvalue weighted by Crippen LogP contribution is -2.37. The number of nitrogens with zero attached hydrogens (tertiary/aromatic N) is 1. The summed E-state index contributed by atoms with van der Waals surface area (Å²) in [5.74, 6) is 0. The molecule has 0 aliphatic carbocycles. The maximum absolute atomic E-state index is 12.0. The Hall–Kier alpha value is -2.29. The molecule has 2 amide bonds.